The maximum atomic E-state index is 13.3. The Morgan fingerprint density at radius 1 is 1.19 bits per heavy atom. The molecule has 0 aliphatic heterocycles. The second-order valence-electron chi connectivity index (χ2n) is 6.08. The summed E-state index contributed by atoms with van der Waals surface area (Å²) in [6, 6.07) is 11.6. The van der Waals surface area contributed by atoms with Crippen LogP contribution < -0.4 is 10.1 Å². The minimum absolute atomic E-state index is 0.0499. The smallest absolute Gasteiger partial charge is 0.278 e. The van der Waals surface area contributed by atoms with E-state index in [4.69, 9.17) is 9.26 Å². The maximum absolute atomic E-state index is 13.3. The van der Waals surface area contributed by atoms with Crippen molar-refractivity contribution in [2.75, 3.05) is 5.32 Å². The number of aromatic nitrogens is 1. The number of rotatable bonds is 5. The minimum Gasteiger partial charge on any atom is -0.489 e. The lowest BCUT2D eigenvalue weighted by atomic mass is 10.1. The number of anilines is 1. The fourth-order valence-electron chi connectivity index (χ4n) is 2.50. The van der Waals surface area contributed by atoms with Crippen LogP contribution in [-0.2, 0) is 6.61 Å². The van der Waals surface area contributed by atoms with Crippen molar-refractivity contribution in [2.24, 2.45) is 0 Å². The standard InChI is InChI=1S/C20H19FN2O3/c1-12-7-8-13(2)18(9-12)22-20(24)19-17(14(3)26-23-19)11-25-16-6-4-5-15(21)10-16/h4-10H,11H2,1-3H3,(H,22,24). The van der Waals surface area contributed by atoms with E-state index in [0.29, 0.717) is 22.8 Å². The second-order valence-corrected chi connectivity index (χ2v) is 6.08. The normalized spacial score (nSPS) is 10.6. The van der Waals surface area contributed by atoms with E-state index >= 15 is 0 Å². The van der Waals surface area contributed by atoms with Gasteiger partial charge in [0.05, 0.1) is 5.56 Å². The minimum atomic E-state index is -0.391. The van der Waals surface area contributed by atoms with Gasteiger partial charge in [0.2, 0.25) is 0 Å². The number of nitrogens with zero attached hydrogens (tertiary/aromatic N) is 1. The summed E-state index contributed by atoms with van der Waals surface area (Å²) < 4.78 is 24.0. The molecule has 1 heterocycles. The predicted octanol–water partition coefficient (Wildman–Crippen LogP) is 4.57. The molecule has 134 valence electrons. The molecule has 0 bridgehead atoms. The number of halogens is 1. The van der Waals surface area contributed by atoms with Crippen molar-refractivity contribution in [3.05, 3.63) is 76.4 Å². The van der Waals surface area contributed by atoms with E-state index < -0.39 is 5.82 Å². The topological polar surface area (TPSA) is 64.4 Å². The Balaban J connectivity index is 1.78. The number of nitrogens with one attached hydrogen (secondary N) is 1. The number of benzene rings is 2. The van der Waals surface area contributed by atoms with E-state index in [0.717, 1.165) is 11.1 Å². The predicted molar refractivity (Wildman–Crippen MR) is 95.8 cm³/mol. The number of amides is 1. The first-order valence-electron chi connectivity index (χ1n) is 8.16. The Morgan fingerprint density at radius 3 is 2.77 bits per heavy atom. The van der Waals surface area contributed by atoms with Crippen LogP contribution in [0.2, 0.25) is 0 Å². The molecule has 0 aliphatic carbocycles. The van der Waals surface area contributed by atoms with Crippen molar-refractivity contribution < 1.29 is 18.4 Å². The van der Waals surface area contributed by atoms with Crippen LogP contribution in [0.25, 0.3) is 0 Å². The zero-order chi connectivity index (χ0) is 18.7. The first kappa shape index (κ1) is 17.7. The van der Waals surface area contributed by atoms with Gasteiger partial charge in [0.15, 0.2) is 5.69 Å². The van der Waals surface area contributed by atoms with Gasteiger partial charge in [0.1, 0.15) is 23.9 Å². The van der Waals surface area contributed by atoms with E-state index in [1.807, 2.05) is 32.0 Å². The monoisotopic (exact) mass is 354 g/mol. The van der Waals surface area contributed by atoms with Crippen LogP contribution in [0.15, 0.2) is 47.0 Å². The van der Waals surface area contributed by atoms with Gasteiger partial charge in [-0.25, -0.2) is 4.39 Å². The van der Waals surface area contributed by atoms with Crippen molar-refractivity contribution in [3.63, 3.8) is 0 Å². The van der Waals surface area contributed by atoms with E-state index in [2.05, 4.69) is 10.5 Å². The zero-order valence-electron chi connectivity index (χ0n) is 14.8. The molecule has 1 amide bonds. The second kappa shape index (κ2) is 7.39. The lowest BCUT2D eigenvalue weighted by Gasteiger charge is -2.10. The van der Waals surface area contributed by atoms with Crippen LogP contribution in [0, 0.1) is 26.6 Å². The molecule has 0 saturated carbocycles. The molecule has 26 heavy (non-hydrogen) atoms. The Labute approximate surface area is 150 Å². The van der Waals surface area contributed by atoms with Crippen LogP contribution in [0.3, 0.4) is 0 Å². The van der Waals surface area contributed by atoms with Crippen molar-refractivity contribution in [1.29, 1.82) is 0 Å². The Hall–Kier alpha value is -3.15. The number of carbonyl (C=O) groups excluding carboxylic acids is 1. The van der Waals surface area contributed by atoms with Crippen LogP contribution >= 0.6 is 0 Å². The summed E-state index contributed by atoms with van der Waals surface area (Å²) in [6.45, 7) is 5.62. The number of aryl methyl sites for hydroxylation is 3. The molecular formula is C20H19FN2O3. The number of hydrogen-bond donors (Lipinski definition) is 1. The lowest BCUT2D eigenvalue weighted by Crippen LogP contribution is -2.16. The summed E-state index contributed by atoms with van der Waals surface area (Å²) in [5.41, 5.74) is 3.38. The van der Waals surface area contributed by atoms with Gasteiger partial charge >= 0.3 is 0 Å². The molecule has 0 unspecified atom stereocenters. The number of carbonyl (C=O) groups is 1. The fourth-order valence-corrected chi connectivity index (χ4v) is 2.50. The number of ether oxygens (including phenoxy) is 1. The molecular weight excluding hydrogens is 335 g/mol. The summed E-state index contributed by atoms with van der Waals surface area (Å²) in [5, 5.41) is 6.70. The summed E-state index contributed by atoms with van der Waals surface area (Å²) >= 11 is 0. The lowest BCUT2D eigenvalue weighted by molar-refractivity contribution is 0.101. The van der Waals surface area contributed by atoms with Crippen LogP contribution in [-0.4, -0.2) is 11.1 Å². The fraction of sp³-hybridized carbons (Fsp3) is 0.200. The molecule has 0 spiro atoms. The molecule has 3 rings (SSSR count). The molecule has 1 aromatic heterocycles. The van der Waals surface area contributed by atoms with Gasteiger partial charge in [0.25, 0.3) is 5.91 Å². The molecule has 0 atom stereocenters. The van der Waals surface area contributed by atoms with Gasteiger partial charge in [-0.2, -0.15) is 0 Å². The van der Waals surface area contributed by atoms with Crippen molar-refractivity contribution in [1.82, 2.24) is 5.16 Å². The van der Waals surface area contributed by atoms with Gasteiger partial charge in [-0.3, -0.25) is 4.79 Å². The highest BCUT2D eigenvalue weighted by Crippen LogP contribution is 2.21. The first-order chi connectivity index (χ1) is 12.4. The first-order valence-corrected chi connectivity index (χ1v) is 8.16. The van der Waals surface area contributed by atoms with E-state index in [1.165, 1.54) is 12.1 Å². The average Bonchev–Trinajstić information content (AvgIpc) is 2.97. The van der Waals surface area contributed by atoms with Gasteiger partial charge in [-0.15, -0.1) is 0 Å². The quantitative estimate of drug-likeness (QED) is 0.729. The average molecular weight is 354 g/mol. The Bertz CT molecular complexity index is 950. The highest BCUT2D eigenvalue weighted by Gasteiger charge is 2.21. The van der Waals surface area contributed by atoms with Crippen molar-refractivity contribution in [2.45, 2.75) is 27.4 Å². The Kier molecular flexibility index (Phi) is 5.02. The molecule has 6 heteroatoms. The zero-order valence-corrected chi connectivity index (χ0v) is 14.8. The van der Waals surface area contributed by atoms with Crippen molar-refractivity contribution >= 4 is 11.6 Å². The Morgan fingerprint density at radius 2 is 2.00 bits per heavy atom. The highest BCUT2D eigenvalue weighted by atomic mass is 19.1. The van der Waals surface area contributed by atoms with E-state index in [1.54, 1.807) is 19.1 Å². The molecule has 0 fully saturated rings. The third-order valence-electron chi connectivity index (χ3n) is 4.02. The van der Waals surface area contributed by atoms with Crippen LogP contribution in [0.5, 0.6) is 5.75 Å². The summed E-state index contributed by atoms with van der Waals surface area (Å²) in [7, 11) is 0. The van der Waals surface area contributed by atoms with E-state index in [-0.39, 0.29) is 18.2 Å². The molecule has 5 nitrogen and oxygen atoms in total. The third-order valence-corrected chi connectivity index (χ3v) is 4.02. The molecule has 0 radical (unpaired) electrons. The molecule has 2 aromatic carbocycles. The third kappa shape index (κ3) is 3.91. The van der Waals surface area contributed by atoms with Crippen molar-refractivity contribution in [3.8, 4) is 5.75 Å². The van der Waals surface area contributed by atoms with Gasteiger partial charge < -0.3 is 14.6 Å². The summed E-state index contributed by atoms with van der Waals surface area (Å²) in [4.78, 5) is 12.6. The molecule has 1 N–H and O–H groups in total. The summed E-state index contributed by atoms with van der Waals surface area (Å²) in [5.74, 6) is 0.0739. The largest absolute Gasteiger partial charge is 0.489 e. The summed E-state index contributed by atoms with van der Waals surface area (Å²) in [6.07, 6.45) is 0. The molecule has 3 aromatic rings. The van der Waals surface area contributed by atoms with Crippen LogP contribution in [0.4, 0.5) is 10.1 Å². The van der Waals surface area contributed by atoms with E-state index in [9.17, 15) is 9.18 Å². The van der Waals surface area contributed by atoms with Gasteiger partial charge in [-0.1, -0.05) is 23.4 Å². The molecule has 0 saturated heterocycles. The van der Waals surface area contributed by atoms with Crippen LogP contribution in [0.1, 0.15) is 32.9 Å². The molecule has 0 aliphatic rings. The maximum Gasteiger partial charge on any atom is 0.278 e. The van der Waals surface area contributed by atoms with Gasteiger partial charge in [0, 0.05) is 11.8 Å². The SMILES string of the molecule is Cc1ccc(C)c(NC(=O)c2noc(C)c2COc2cccc(F)c2)c1. The van der Waals surface area contributed by atoms with Gasteiger partial charge in [-0.05, 0) is 50.1 Å². The highest BCUT2D eigenvalue weighted by molar-refractivity contribution is 6.04. The number of hydrogen-bond acceptors (Lipinski definition) is 4.